The normalized spacial score (nSPS) is 30.1. The monoisotopic (exact) mass is 418 g/mol. The van der Waals surface area contributed by atoms with Crippen LogP contribution in [0.1, 0.15) is 25.7 Å². The summed E-state index contributed by atoms with van der Waals surface area (Å²) in [6, 6.07) is 7.90. The number of nitrogens with one attached hydrogen (secondary N) is 5. The molecule has 1 aromatic rings. The molecule has 166 valence electrons. The van der Waals surface area contributed by atoms with Crippen LogP contribution in [-0.2, 0) is 9.53 Å². The van der Waals surface area contributed by atoms with E-state index in [0.29, 0.717) is 19.8 Å². The average Bonchev–Trinajstić information content (AvgIpc) is 3.05. The number of methoxy groups -OCH3 is 1. The molecule has 0 aliphatic carbocycles. The van der Waals surface area contributed by atoms with E-state index in [1.165, 1.54) is 25.7 Å². The molecule has 3 fully saturated rings. The summed E-state index contributed by atoms with van der Waals surface area (Å²) in [6.07, 6.45) is 4.89. The van der Waals surface area contributed by atoms with Crippen LogP contribution in [0.5, 0.6) is 5.75 Å². The Labute approximate surface area is 178 Å². The summed E-state index contributed by atoms with van der Waals surface area (Å²) in [5, 5.41) is 10.9. The maximum Gasteiger partial charge on any atom is 0.242 e. The minimum Gasteiger partial charge on any atom is -0.491 e. The summed E-state index contributed by atoms with van der Waals surface area (Å²) in [7, 11) is 1.66. The lowest BCUT2D eigenvalue weighted by atomic mass is 9.91. The van der Waals surface area contributed by atoms with Gasteiger partial charge in [0.2, 0.25) is 5.91 Å². The van der Waals surface area contributed by atoms with Crippen LogP contribution in [-0.4, -0.2) is 69.3 Å². The van der Waals surface area contributed by atoms with Gasteiger partial charge in [-0.25, -0.2) is 5.43 Å². The molecule has 1 aromatic carbocycles. The third-order valence-electron chi connectivity index (χ3n) is 6.08. The fraction of sp³-hybridized carbons (Fsp3) is 0.667. The Bertz CT molecular complexity index is 680. The first kappa shape index (κ1) is 21.3. The Morgan fingerprint density at radius 2 is 1.83 bits per heavy atom. The number of carbonyl (C=O) groups is 1. The molecule has 9 heteroatoms. The van der Waals surface area contributed by atoms with Crippen LogP contribution in [0.4, 0.5) is 5.69 Å². The third-order valence-corrected chi connectivity index (χ3v) is 6.08. The van der Waals surface area contributed by atoms with E-state index in [0.717, 1.165) is 24.5 Å². The van der Waals surface area contributed by atoms with Crippen LogP contribution in [0, 0.1) is 5.92 Å². The maximum atomic E-state index is 12.6. The van der Waals surface area contributed by atoms with Crippen molar-refractivity contribution in [2.75, 3.05) is 45.3 Å². The van der Waals surface area contributed by atoms with E-state index in [2.05, 4.69) is 31.7 Å². The lowest BCUT2D eigenvalue weighted by Crippen LogP contribution is -2.76. The van der Waals surface area contributed by atoms with Crippen LogP contribution < -0.4 is 31.5 Å². The van der Waals surface area contributed by atoms with Crippen molar-refractivity contribution in [1.29, 1.82) is 0 Å². The zero-order chi connectivity index (χ0) is 20.8. The van der Waals surface area contributed by atoms with Gasteiger partial charge in [-0.05, 0) is 37.1 Å². The molecule has 5 N–H and O–H groups in total. The molecule has 4 atom stereocenters. The highest BCUT2D eigenvalue weighted by Gasteiger charge is 2.44. The van der Waals surface area contributed by atoms with Gasteiger partial charge in [0.25, 0.3) is 0 Å². The molecule has 30 heavy (non-hydrogen) atoms. The van der Waals surface area contributed by atoms with Gasteiger partial charge >= 0.3 is 0 Å². The van der Waals surface area contributed by atoms with Crippen molar-refractivity contribution in [3.8, 4) is 5.75 Å². The van der Waals surface area contributed by atoms with Crippen molar-refractivity contribution < 1.29 is 14.3 Å². The van der Waals surface area contributed by atoms with Gasteiger partial charge in [-0.1, -0.05) is 12.8 Å². The summed E-state index contributed by atoms with van der Waals surface area (Å²) in [5.74, 6) is 0.584. The Morgan fingerprint density at radius 1 is 1.07 bits per heavy atom. The third kappa shape index (κ3) is 5.22. The second-order valence-electron chi connectivity index (χ2n) is 8.18. The van der Waals surface area contributed by atoms with Crippen molar-refractivity contribution >= 4 is 11.6 Å². The van der Waals surface area contributed by atoms with Gasteiger partial charge in [-0.3, -0.25) is 25.8 Å². The summed E-state index contributed by atoms with van der Waals surface area (Å²) in [4.78, 5) is 15.1. The van der Waals surface area contributed by atoms with E-state index >= 15 is 0 Å². The Hall–Kier alpha value is -1.91. The van der Waals surface area contributed by atoms with E-state index in [1.54, 1.807) is 7.11 Å². The van der Waals surface area contributed by atoms with Crippen molar-refractivity contribution in [2.45, 2.75) is 44.2 Å². The molecular weight excluding hydrogens is 384 g/mol. The zero-order valence-corrected chi connectivity index (χ0v) is 17.7. The van der Waals surface area contributed by atoms with Gasteiger partial charge < -0.3 is 14.8 Å². The molecule has 1 amide bonds. The molecule has 3 aliphatic heterocycles. The van der Waals surface area contributed by atoms with Crippen LogP contribution in [0.15, 0.2) is 24.3 Å². The standard InChI is InChI=1S/C21H34N6O3/c1-29-12-13-30-16-8-6-15(7-9-16)23-19-18-17(14-22-26-20(18)28)24-21(25-19)27-10-4-2-3-5-11-27/h6-9,17-19,21-25H,2-5,10-14H2,1H3,(H,26,28). The zero-order valence-electron chi connectivity index (χ0n) is 17.7. The highest BCUT2D eigenvalue weighted by atomic mass is 16.5. The molecule has 0 bridgehead atoms. The van der Waals surface area contributed by atoms with Crippen LogP contribution in [0.3, 0.4) is 0 Å². The van der Waals surface area contributed by atoms with Crippen molar-refractivity contribution in [2.24, 2.45) is 5.92 Å². The van der Waals surface area contributed by atoms with E-state index in [9.17, 15) is 4.79 Å². The number of amides is 1. The van der Waals surface area contributed by atoms with Gasteiger partial charge in [-0.2, -0.15) is 0 Å². The number of nitrogens with zero attached hydrogens (tertiary/aromatic N) is 1. The first-order valence-corrected chi connectivity index (χ1v) is 11.0. The average molecular weight is 419 g/mol. The van der Waals surface area contributed by atoms with Gasteiger partial charge in [0.05, 0.1) is 18.7 Å². The summed E-state index contributed by atoms with van der Waals surface area (Å²) in [5.41, 5.74) is 6.76. The number of benzene rings is 1. The number of anilines is 1. The second kappa shape index (κ2) is 10.4. The Balaban J connectivity index is 1.45. The molecule has 0 saturated carbocycles. The topological polar surface area (TPSA) is 98.9 Å². The maximum absolute atomic E-state index is 12.6. The van der Waals surface area contributed by atoms with Crippen molar-refractivity contribution in [3.63, 3.8) is 0 Å². The number of fused-ring (bicyclic) bond motifs is 1. The number of hydrogen-bond donors (Lipinski definition) is 5. The lowest BCUT2D eigenvalue weighted by Gasteiger charge is -2.48. The summed E-state index contributed by atoms with van der Waals surface area (Å²) in [6.45, 7) is 3.92. The van der Waals surface area contributed by atoms with E-state index in [4.69, 9.17) is 9.47 Å². The van der Waals surface area contributed by atoms with Gasteiger partial charge in [0.15, 0.2) is 0 Å². The molecule has 4 rings (SSSR count). The van der Waals surface area contributed by atoms with Crippen LogP contribution >= 0.6 is 0 Å². The molecular formula is C21H34N6O3. The van der Waals surface area contributed by atoms with Crippen molar-refractivity contribution in [1.82, 2.24) is 26.4 Å². The van der Waals surface area contributed by atoms with Gasteiger partial charge in [0.1, 0.15) is 18.6 Å². The number of rotatable bonds is 7. The van der Waals surface area contributed by atoms with E-state index < -0.39 is 0 Å². The van der Waals surface area contributed by atoms with E-state index in [-0.39, 0.29) is 30.3 Å². The molecule has 4 unspecified atom stereocenters. The molecule has 0 spiro atoms. The van der Waals surface area contributed by atoms with Crippen LogP contribution in [0.2, 0.25) is 0 Å². The molecule has 3 aliphatic rings. The minimum atomic E-state index is -0.216. The molecule has 0 aromatic heterocycles. The number of ether oxygens (including phenoxy) is 2. The van der Waals surface area contributed by atoms with Crippen molar-refractivity contribution in [3.05, 3.63) is 24.3 Å². The van der Waals surface area contributed by atoms with Gasteiger partial charge in [-0.15, -0.1) is 0 Å². The number of carbonyl (C=O) groups excluding carboxylic acids is 1. The fourth-order valence-electron chi connectivity index (χ4n) is 4.48. The Morgan fingerprint density at radius 3 is 2.57 bits per heavy atom. The predicted octanol–water partition coefficient (Wildman–Crippen LogP) is 0.421. The Kier molecular flexibility index (Phi) is 7.40. The highest BCUT2D eigenvalue weighted by molar-refractivity contribution is 5.81. The highest BCUT2D eigenvalue weighted by Crippen LogP contribution is 2.24. The molecule has 9 nitrogen and oxygen atoms in total. The number of hydrogen-bond acceptors (Lipinski definition) is 8. The quantitative estimate of drug-likeness (QED) is 0.407. The van der Waals surface area contributed by atoms with Gasteiger partial charge in [0, 0.05) is 38.5 Å². The largest absolute Gasteiger partial charge is 0.491 e. The fourth-order valence-corrected chi connectivity index (χ4v) is 4.48. The van der Waals surface area contributed by atoms with Crippen LogP contribution in [0.25, 0.3) is 0 Å². The second-order valence-corrected chi connectivity index (χ2v) is 8.18. The first-order chi connectivity index (χ1) is 14.7. The number of hydrazine groups is 1. The number of likely N-dealkylation sites (tertiary alicyclic amines) is 1. The SMILES string of the molecule is COCCOc1ccc(NC2NC(N3CCCCCC3)NC3CNNC(=O)C32)cc1. The summed E-state index contributed by atoms with van der Waals surface area (Å²) < 4.78 is 10.7. The molecule has 0 radical (unpaired) electrons. The summed E-state index contributed by atoms with van der Waals surface area (Å²) >= 11 is 0. The smallest absolute Gasteiger partial charge is 0.242 e. The molecule has 3 heterocycles. The minimum absolute atomic E-state index is 0.00224. The lowest BCUT2D eigenvalue weighted by molar-refractivity contribution is -0.132. The van der Waals surface area contributed by atoms with E-state index in [1.807, 2.05) is 24.3 Å². The predicted molar refractivity (Wildman–Crippen MR) is 115 cm³/mol. The molecule has 3 saturated heterocycles. The first-order valence-electron chi connectivity index (χ1n) is 11.0.